The standard InChI is InChI=1S/C21H20N6O2/c1-15(16-8-4-2-5-9-16)23-20(28)13-19-24-21(29-26-19)12-17-14-22-27(25-17)18-10-6-3-7-11-18/h2-11,14-15H,12-13H2,1H3,(H,23,28). The summed E-state index contributed by atoms with van der Waals surface area (Å²) in [5.74, 6) is 0.570. The van der Waals surface area contributed by atoms with Gasteiger partial charge in [0, 0.05) is 0 Å². The van der Waals surface area contributed by atoms with E-state index >= 15 is 0 Å². The van der Waals surface area contributed by atoms with Gasteiger partial charge in [0.25, 0.3) is 0 Å². The van der Waals surface area contributed by atoms with Crippen molar-refractivity contribution < 1.29 is 9.32 Å². The minimum Gasteiger partial charge on any atom is -0.349 e. The Morgan fingerprint density at radius 1 is 1.10 bits per heavy atom. The highest BCUT2D eigenvalue weighted by atomic mass is 16.5. The van der Waals surface area contributed by atoms with Crippen molar-refractivity contribution in [2.24, 2.45) is 0 Å². The van der Waals surface area contributed by atoms with Gasteiger partial charge in [0.2, 0.25) is 11.8 Å². The van der Waals surface area contributed by atoms with Crippen LogP contribution in [-0.4, -0.2) is 31.0 Å². The van der Waals surface area contributed by atoms with Crippen LogP contribution in [-0.2, 0) is 17.6 Å². The van der Waals surface area contributed by atoms with Crippen molar-refractivity contribution >= 4 is 5.91 Å². The zero-order chi connectivity index (χ0) is 20.1. The maximum absolute atomic E-state index is 12.3. The van der Waals surface area contributed by atoms with Crippen LogP contribution < -0.4 is 5.32 Å². The van der Waals surface area contributed by atoms with Crippen LogP contribution in [0, 0.1) is 0 Å². The van der Waals surface area contributed by atoms with Gasteiger partial charge in [0.05, 0.1) is 36.5 Å². The van der Waals surface area contributed by atoms with E-state index in [9.17, 15) is 4.79 Å². The molecule has 1 N–H and O–H groups in total. The molecule has 2 heterocycles. The second-order valence-corrected chi connectivity index (χ2v) is 6.62. The zero-order valence-electron chi connectivity index (χ0n) is 15.9. The normalized spacial score (nSPS) is 11.9. The summed E-state index contributed by atoms with van der Waals surface area (Å²) in [6, 6.07) is 19.3. The number of benzene rings is 2. The molecule has 1 atom stereocenters. The highest BCUT2D eigenvalue weighted by molar-refractivity contribution is 5.78. The monoisotopic (exact) mass is 388 g/mol. The number of hydrogen-bond donors (Lipinski definition) is 1. The van der Waals surface area contributed by atoms with Crippen molar-refractivity contribution in [2.45, 2.75) is 25.8 Å². The quantitative estimate of drug-likeness (QED) is 0.523. The van der Waals surface area contributed by atoms with Gasteiger partial charge in [-0.1, -0.05) is 53.7 Å². The molecular formula is C21H20N6O2. The number of amides is 1. The molecule has 4 aromatic rings. The number of carbonyl (C=O) groups is 1. The van der Waals surface area contributed by atoms with Gasteiger partial charge in [0.15, 0.2) is 5.82 Å². The van der Waals surface area contributed by atoms with E-state index in [-0.39, 0.29) is 18.4 Å². The Bertz CT molecular complexity index is 1070. The number of nitrogens with one attached hydrogen (secondary N) is 1. The molecule has 0 spiro atoms. The molecule has 0 aliphatic heterocycles. The lowest BCUT2D eigenvalue weighted by atomic mass is 10.1. The molecule has 0 fully saturated rings. The highest BCUT2D eigenvalue weighted by Crippen LogP contribution is 2.12. The second kappa shape index (κ2) is 8.47. The fourth-order valence-electron chi connectivity index (χ4n) is 2.91. The maximum Gasteiger partial charge on any atom is 0.232 e. The molecule has 8 heteroatoms. The van der Waals surface area contributed by atoms with Crippen LogP contribution in [0.4, 0.5) is 0 Å². The van der Waals surface area contributed by atoms with E-state index in [4.69, 9.17) is 4.52 Å². The number of para-hydroxylation sites is 1. The fourth-order valence-corrected chi connectivity index (χ4v) is 2.91. The van der Waals surface area contributed by atoms with Gasteiger partial charge in [-0.05, 0) is 24.6 Å². The highest BCUT2D eigenvalue weighted by Gasteiger charge is 2.15. The molecule has 8 nitrogen and oxygen atoms in total. The summed E-state index contributed by atoms with van der Waals surface area (Å²) in [6.45, 7) is 1.94. The molecule has 4 rings (SSSR count). The first-order valence-corrected chi connectivity index (χ1v) is 9.30. The van der Waals surface area contributed by atoms with Gasteiger partial charge in [-0.2, -0.15) is 20.0 Å². The van der Waals surface area contributed by atoms with E-state index in [0.717, 1.165) is 11.3 Å². The summed E-state index contributed by atoms with van der Waals surface area (Å²) >= 11 is 0. The molecule has 2 aromatic heterocycles. The molecular weight excluding hydrogens is 368 g/mol. The molecule has 0 saturated carbocycles. The molecule has 0 radical (unpaired) electrons. The third kappa shape index (κ3) is 4.73. The molecule has 0 aliphatic carbocycles. The third-order valence-corrected chi connectivity index (χ3v) is 4.36. The number of carbonyl (C=O) groups excluding carboxylic acids is 1. The lowest BCUT2D eigenvalue weighted by Gasteiger charge is -2.13. The average molecular weight is 388 g/mol. The summed E-state index contributed by atoms with van der Waals surface area (Å²) in [5, 5.41) is 15.5. The summed E-state index contributed by atoms with van der Waals surface area (Å²) in [4.78, 5) is 18.1. The predicted octanol–water partition coefficient (Wildman–Crippen LogP) is 2.66. The van der Waals surface area contributed by atoms with Crippen molar-refractivity contribution in [1.29, 1.82) is 0 Å². The number of nitrogens with zero attached hydrogens (tertiary/aromatic N) is 5. The van der Waals surface area contributed by atoms with Gasteiger partial charge in [-0.15, -0.1) is 0 Å². The van der Waals surface area contributed by atoms with Crippen molar-refractivity contribution in [2.75, 3.05) is 0 Å². The van der Waals surface area contributed by atoms with Crippen molar-refractivity contribution in [3.8, 4) is 5.69 Å². The van der Waals surface area contributed by atoms with Crippen LogP contribution in [0.1, 0.15) is 35.9 Å². The first-order valence-electron chi connectivity index (χ1n) is 9.30. The summed E-state index contributed by atoms with van der Waals surface area (Å²) in [7, 11) is 0. The van der Waals surface area contributed by atoms with Crippen LogP contribution >= 0.6 is 0 Å². The molecule has 29 heavy (non-hydrogen) atoms. The minimum atomic E-state index is -0.163. The van der Waals surface area contributed by atoms with E-state index in [1.54, 1.807) is 11.0 Å². The Hall–Kier alpha value is -3.81. The van der Waals surface area contributed by atoms with E-state index < -0.39 is 0 Å². The maximum atomic E-state index is 12.3. The van der Waals surface area contributed by atoms with Gasteiger partial charge in [-0.3, -0.25) is 4.79 Å². The topological polar surface area (TPSA) is 98.7 Å². The van der Waals surface area contributed by atoms with Gasteiger partial charge < -0.3 is 9.84 Å². The predicted molar refractivity (Wildman–Crippen MR) is 105 cm³/mol. The lowest BCUT2D eigenvalue weighted by Crippen LogP contribution is -2.28. The Labute approximate surface area is 167 Å². The first kappa shape index (κ1) is 18.5. The zero-order valence-corrected chi connectivity index (χ0v) is 15.9. The van der Waals surface area contributed by atoms with E-state index in [1.165, 1.54) is 0 Å². The fraction of sp³-hybridized carbons (Fsp3) is 0.190. The van der Waals surface area contributed by atoms with Gasteiger partial charge >= 0.3 is 0 Å². The SMILES string of the molecule is CC(NC(=O)Cc1noc(Cc2cnn(-c3ccccc3)n2)n1)c1ccccc1. The van der Waals surface area contributed by atoms with Crippen molar-refractivity contribution in [3.05, 3.63) is 89.8 Å². The molecule has 1 unspecified atom stereocenters. The molecule has 0 saturated heterocycles. The van der Waals surface area contributed by atoms with E-state index in [0.29, 0.717) is 23.8 Å². The minimum absolute atomic E-state index is 0.0530. The molecule has 0 aliphatic rings. The number of hydrogen-bond acceptors (Lipinski definition) is 6. The molecule has 2 aromatic carbocycles. The van der Waals surface area contributed by atoms with Gasteiger partial charge in [-0.25, -0.2) is 0 Å². The summed E-state index contributed by atoms with van der Waals surface area (Å²) < 4.78 is 5.26. The van der Waals surface area contributed by atoms with Crippen LogP contribution in [0.5, 0.6) is 0 Å². The van der Waals surface area contributed by atoms with Crippen LogP contribution in [0.25, 0.3) is 5.69 Å². The van der Waals surface area contributed by atoms with E-state index in [2.05, 4.69) is 25.7 Å². The van der Waals surface area contributed by atoms with Crippen molar-refractivity contribution in [1.82, 2.24) is 30.5 Å². The van der Waals surface area contributed by atoms with Crippen molar-refractivity contribution in [3.63, 3.8) is 0 Å². The van der Waals surface area contributed by atoms with Crippen LogP contribution in [0.2, 0.25) is 0 Å². The average Bonchev–Trinajstić information content (AvgIpc) is 3.39. The Morgan fingerprint density at radius 2 is 1.83 bits per heavy atom. The van der Waals surface area contributed by atoms with Gasteiger partial charge in [0.1, 0.15) is 0 Å². The lowest BCUT2D eigenvalue weighted by molar-refractivity contribution is -0.121. The number of rotatable bonds is 7. The van der Waals surface area contributed by atoms with Crippen LogP contribution in [0.15, 0.2) is 71.4 Å². The molecule has 1 amide bonds. The largest absolute Gasteiger partial charge is 0.349 e. The summed E-state index contributed by atoms with van der Waals surface area (Å²) in [5.41, 5.74) is 2.61. The Morgan fingerprint density at radius 3 is 2.59 bits per heavy atom. The molecule has 0 bridgehead atoms. The Balaban J connectivity index is 1.34. The first-order chi connectivity index (χ1) is 14.2. The Kier molecular flexibility index (Phi) is 5.42. The second-order valence-electron chi connectivity index (χ2n) is 6.62. The third-order valence-electron chi connectivity index (χ3n) is 4.36. The number of aromatic nitrogens is 5. The molecule has 146 valence electrons. The smallest absolute Gasteiger partial charge is 0.232 e. The van der Waals surface area contributed by atoms with Crippen LogP contribution in [0.3, 0.4) is 0 Å². The van der Waals surface area contributed by atoms with E-state index in [1.807, 2.05) is 67.6 Å². The summed E-state index contributed by atoms with van der Waals surface area (Å²) in [6.07, 6.45) is 2.06.